The van der Waals surface area contributed by atoms with Crippen molar-refractivity contribution in [2.75, 3.05) is 6.54 Å². The molecule has 0 spiro atoms. The number of nitriles is 1. The Balaban J connectivity index is 2.57. The highest BCUT2D eigenvalue weighted by molar-refractivity contribution is 5.50. The van der Waals surface area contributed by atoms with Gasteiger partial charge < -0.3 is 10.3 Å². The molecule has 86 valence electrons. The molecule has 5 heteroatoms. The largest absolute Gasteiger partial charge is 0.330 e. The molecule has 0 atom stereocenters. The monoisotopic (exact) mass is 230 g/mol. The summed E-state index contributed by atoms with van der Waals surface area (Å²) in [6.45, 7) is 0.475. The minimum atomic E-state index is -0.530. The van der Waals surface area contributed by atoms with Gasteiger partial charge in [-0.25, -0.2) is 9.37 Å². The summed E-state index contributed by atoms with van der Waals surface area (Å²) in [7, 11) is 0. The van der Waals surface area contributed by atoms with Gasteiger partial charge >= 0.3 is 0 Å². The molecule has 0 saturated carbocycles. The van der Waals surface area contributed by atoms with E-state index in [0.29, 0.717) is 18.7 Å². The van der Waals surface area contributed by atoms with Crippen LogP contribution < -0.4 is 5.73 Å². The maximum absolute atomic E-state index is 13.5. The minimum absolute atomic E-state index is 0.0174. The van der Waals surface area contributed by atoms with Gasteiger partial charge in [-0.15, -0.1) is 0 Å². The van der Waals surface area contributed by atoms with E-state index in [1.54, 1.807) is 29.2 Å². The number of aromatic nitrogens is 2. The van der Waals surface area contributed by atoms with Crippen LogP contribution in [0.25, 0.3) is 5.69 Å². The van der Waals surface area contributed by atoms with Crippen molar-refractivity contribution in [1.82, 2.24) is 9.55 Å². The summed E-state index contributed by atoms with van der Waals surface area (Å²) in [6.07, 6.45) is 3.85. The maximum atomic E-state index is 13.5. The Kier molecular flexibility index (Phi) is 3.17. The van der Waals surface area contributed by atoms with Crippen molar-refractivity contribution < 1.29 is 4.39 Å². The highest BCUT2D eigenvalue weighted by Crippen LogP contribution is 2.18. The summed E-state index contributed by atoms with van der Waals surface area (Å²) in [4.78, 5) is 4.00. The second-order valence-electron chi connectivity index (χ2n) is 3.54. The molecule has 2 rings (SSSR count). The summed E-state index contributed by atoms with van der Waals surface area (Å²) >= 11 is 0. The van der Waals surface area contributed by atoms with E-state index in [9.17, 15) is 4.39 Å². The molecule has 0 radical (unpaired) electrons. The molecule has 0 saturated heterocycles. The fraction of sp³-hybridized carbons (Fsp3) is 0.167. The Morgan fingerprint density at radius 3 is 3.00 bits per heavy atom. The molecule has 0 unspecified atom stereocenters. The van der Waals surface area contributed by atoms with E-state index >= 15 is 0 Å². The standard InChI is InChI=1S/C12H11FN4/c13-11-2-1-3-12(10(11)6-15)17-8-16-7-9(17)4-5-14/h1-3,7-8H,4-5,14H2. The zero-order valence-electron chi connectivity index (χ0n) is 9.10. The van der Waals surface area contributed by atoms with Gasteiger partial charge in [-0.05, 0) is 18.7 Å². The molecule has 1 heterocycles. The Bertz CT molecular complexity index is 568. The van der Waals surface area contributed by atoms with E-state index in [2.05, 4.69) is 4.98 Å². The zero-order valence-corrected chi connectivity index (χ0v) is 9.10. The molecular weight excluding hydrogens is 219 g/mol. The predicted octanol–water partition coefficient (Wildman–Crippen LogP) is 1.38. The van der Waals surface area contributed by atoms with Crippen LogP contribution in [0.1, 0.15) is 11.3 Å². The predicted molar refractivity (Wildman–Crippen MR) is 61.0 cm³/mol. The molecule has 2 aromatic rings. The summed E-state index contributed by atoms with van der Waals surface area (Å²) in [5.74, 6) is -0.530. The van der Waals surface area contributed by atoms with Crippen LogP contribution in [0.2, 0.25) is 0 Å². The van der Waals surface area contributed by atoms with E-state index < -0.39 is 5.82 Å². The molecule has 17 heavy (non-hydrogen) atoms. The second-order valence-corrected chi connectivity index (χ2v) is 3.54. The van der Waals surface area contributed by atoms with Gasteiger partial charge in [0.25, 0.3) is 0 Å². The Labute approximate surface area is 98.1 Å². The van der Waals surface area contributed by atoms with Crippen molar-refractivity contribution in [2.45, 2.75) is 6.42 Å². The number of imidazole rings is 1. The zero-order chi connectivity index (χ0) is 12.3. The molecule has 0 aliphatic heterocycles. The lowest BCUT2D eigenvalue weighted by Gasteiger charge is -2.09. The number of nitrogens with zero attached hydrogens (tertiary/aromatic N) is 3. The smallest absolute Gasteiger partial charge is 0.143 e. The molecule has 1 aromatic carbocycles. The first-order valence-corrected chi connectivity index (χ1v) is 5.18. The molecule has 2 N–H and O–H groups in total. The van der Waals surface area contributed by atoms with Crippen LogP contribution in [0.5, 0.6) is 0 Å². The molecule has 4 nitrogen and oxygen atoms in total. The number of halogens is 1. The minimum Gasteiger partial charge on any atom is -0.330 e. The normalized spacial score (nSPS) is 10.2. The maximum Gasteiger partial charge on any atom is 0.143 e. The molecule has 1 aromatic heterocycles. The van der Waals surface area contributed by atoms with E-state index in [1.807, 2.05) is 6.07 Å². The number of rotatable bonds is 3. The third-order valence-electron chi connectivity index (χ3n) is 2.48. The third kappa shape index (κ3) is 2.03. The fourth-order valence-electron chi connectivity index (χ4n) is 1.70. The van der Waals surface area contributed by atoms with E-state index in [0.717, 1.165) is 5.69 Å². The molecule has 0 amide bonds. The van der Waals surface area contributed by atoms with E-state index in [-0.39, 0.29) is 5.56 Å². The van der Waals surface area contributed by atoms with Crippen molar-refractivity contribution in [3.05, 3.63) is 47.8 Å². The van der Waals surface area contributed by atoms with Crippen molar-refractivity contribution >= 4 is 0 Å². The van der Waals surface area contributed by atoms with Crippen LogP contribution in [0.4, 0.5) is 4.39 Å². The Hall–Kier alpha value is -2.19. The van der Waals surface area contributed by atoms with Crippen LogP contribution in [0.15, 0.2) is 30.7 Å². The Morgan fingerprint density at radius 2 is 2.29 bits per heavy atom. The summed E-state index contributed by atoms with van der Waals surface area (Å²) in [6, 6.07) is 6.38. The van der Waals surface area contributed by atoms with Gasteiger partial charge in [0, 0.05) is 18.3 Å². The van der Waals surface area contributed by atoms with Crippen molar-refractivity contribution in [3.8, 4) is 11.8 Å². The number of nitrogens with two attached hydrogens (primary N) is 1. The molecule has 0 aliphatic carbocycles. The number of hydrogen-bond donors (Lipinski definition) is 1. The first-order chi connectivity index (χ1) is 8.27. The first kappa shape index (κ1) is 11.3. The van der Waals surface area contributed by atoms with E-state index in [4.69, 9.17) is 11.0 Å². The number of benzene rings is 1. The van der Waals surface area contributed by atoms with Gasteiger partial charge in [-0.1, -0.05) is 6.07 Å². The van der Waals surface area contributed by atoms with Gasteiger partial charge in [0.1, 0.15) is 17.4 Å². The second kappa shape index (κ2) is 4.76. The lowest BCUT2D eigenvalue weighted by Crippen LogP contribution is -2.08. The van der Waals surface area contributed by atoms with Crippen LogP contribution >= 0.6 is 0 Å². The van der Waals surface area contributed by atoms with Gasteiger partial charge in [-0.2, -0.15) is 5.26 Å². The van der Waals surface area contributed by atoms with Gasteiger partial charge in [0.2, 0.25) is 0 Å². The number of hydrogen-bond acceptors (Lipinski definition) is 3. The van der Waals surface area contributed by atoms with Gasteiger partial charge in [0.15, 0.2) is 0 Å². The summed E-state index contributed by atoms with van der Waals surface area (Å²) in [5, 5.41) is 8.97. The lowest BCUT2D eigenvalue weighted by atomic mass is 10.1. The molecule has 0 fully saturated rings. The average Bonchev–Trinajstić information content (AvgIpc) is 2.77. The van der Waals surface area contributed by atoms with Gasteiger partial charge in [-0.3, -0.25) is 0 Å². The summed E-state index contributed by atoms with van der Waals surface area (Å²) < 4.78 is 15.2. The first-order valence-electron chi connectivity index (χ1n) is 5.18. The SMILES string of the molecule is N#Cc1c(F)cccc1-n1cncc1CCN. The fourth-order valence-corrected chi connectivity index (χ4v) is 1.70. The van der Waals surface area contributed by atoms with Crippen LogP contribution in [-0.4, -0.2) is 16.1 Å². The van der Waals surface area contributed by atoms with Crippen molar-refractivity contribution in [3.63, 3.8) is 0 Å². The third-order valence-corrected chi connectivity index (χ3v) is 2.48. The molecule has 0 aliphatic rings. The lowest BCUT2D eigenvalue weighted by molar-refractivity contribution is 0.622. The highest BCUT2D eigenvalue weighted by Gasteiger charge is 2.11. The molecular formula is C12H11FN4. The van der Waals surface area contributed by atoms with Crippen molar-refractivity contribution in [2.24, 2.45) is 5.73 Å². The quantitative estimate of drug-likeness (QED) is 0.866. The van der Waals surface area contributed by atoms with Crippen LogP contribution in [-0.2, 0) is 6.42 Å². The Morgan fingerprint density at radius 1 is 1.47 bits per heavy atom. The topological polar surface area (TPSA) is 67.6 Å². The summed E-state index contributed by atoms with van der Waals surface area (Å²) in [5.41, 5.74) is 6.85. The highest BCUT2D eigenvalue weighted by atomic mass is 19.1. The van der Waals surface area contributed by atoms with Gasteiger partial charge in [0.05, 0.1) is 12.0 Å². The van der Waals surface area contributed by atoms with E-state index in [1.165, 1.54) is 6.07 Å². The average molecular weight is 230 g/mol. The van der Waals surface area contributed by atoms with Crippen LogP contribution in [0.3, 0.4) is 0 Å². The molecule has 0 bridgehead atoms. The van der Waals surface area contributed by atoms with Crippen LogP contribution in [0, 0.1) is 17.1 Å². The van der Waals surface area contributed by atoms with Crippen molar-refractivity contribution in [1.29, 1.82) is 5.26 Å².